The molecule has 0 heterocycles. The number of esters is 1. The van der Waals surface area contributed by atoms with Gasteiger partial charge in [-0.05, 0) is 46.2 Å². The first-order chi connectivity index (χ1) is 10.2. The van der Waals surface area contributed by atoms with E-state index in [-0.39, 0.29) is 5.97 Å². The summed E-state index contributed by atoms with van der Waals surface area (Å²) in [6, 6.07) is 18.8. The first-order valence-electron chi connectivity index (χ1n) is 6.87. The van der Waals surface area contributed by atoms with E-state index < -0.39 is 0 Å². The Morgan fingerprint density at radius 1 is 0.952 bits per heavy atom. The monoisotopic (exact) mass is 276 g/mol. The van der Waals surface area contributed by atoms with Crippen LogP contribution in [0.2, 0.25) is 0 Å². The van der Waals surface area contributed by atoms with Crippen molar-refractivity contribution in [2.75, 3.05) is 7.11 Å². The van der Waals surface area contributed by atoms with Gasteiger partial charge in [-0.15, -0.1) is 0 Å². The van der Waals surface area contributed by atoms with Crippen LogP contribution in [0.3, 0.4) is 0 Å². The predicted molar refractivity (Wildman–Crippen MR) is 87.1 cm³/mol. The SMILES string of the molecule is COC(=O)C(C)=Cc1ccc2ccc3ccccc3c2c1. The van der Waals surface area contributed by atoms with Crippen LogP contribution < -0.4 is 0 Å². The minimum Gasteiger partial charge on any atom is -0.466 e. The van der Waals surface area contributed by atoms with Crippen molar-refractivity contribution < 1.29 is 9.53 Å². The van der Waals surface area contributed by atoms with Crippen molar-refractivity contribution in [3.63, 3.8) is 0 Å². The van der Waals surface area contributed by atoms with Crippen molar-refractivity contribution in [1.82, 2.24) is 0 Å². The number of carbonyl (C=O) groups excluding carboxylic acids is 1. The highest BCUT2D eigenvalue weighted by molar-refractivity contribution is 6.08. The van der Waals surface area contributed by atoms with Crippen molar-refractivity contribution >= 4 is 33.6 Å². The molecule has 0 unspecified atom stereocenters. The number of methoxy groups -OCH3 is 1. The van der Waals surface area contributed by atoms with Gasteiger partial charge in [0.25, 0.3) is 0 Å². The molecule has 0 amide bonds. The van der Waals surface area contributed by atoms with Crippen LogP contribution in [0.4, 0.5) is 0 Å². The maximum atomic E-state index is 11.5. The molecule has 0 aliphatic heterocycles. The fourth-order valence-electron chi connectivity index (χ4n) is 2.58. The lowest BCUT2D eigenvalue weighted by atomic mass is 9.99. The summed E-state index contributed by atoms with van der Waals surface area (Å²) in [7, 11) is 1.40. The third-order valence-electron chi connectivity index (χ3n) is 3.66. The van der Waals surface area contributed by atoms with E-state index in [9.17, 15) is 4.79 Å². The van der Waals surface area contributed by atoms with E-state index in [1.54, 1.807) is 6.92 Å². The molecule has 3 aromatic carbocycles. The zero-order valence-electron chi connectivity index (χ0n) is 12.1. The zero-order chi connectivity index (χ0) is 14.8. The second kappa shape index (κ2) is 5.41. The normalized spacial score (nSPS) is 11.8. The summed E-state index contributed by atoms with van der Waals surface area (Å²) in [6.07, 6.45) is 1.85. The van der Waals surface area contributed by atoms with Gasteiger partial charge >= 0.3 is 5.97 Å². The summed E-state index contributed by atoms with van der Waals surface area (Å²) in [4.78, 5) is 11.5. The summed E-state index contributed by atoms with van der Waals surface area (Å²) < 4.78 is 4.73. The molecule has 0 saturated carbocycles. The van der Waals surface area contributed by atoms with Crippen LogP contribution in [-0.4, -0.2) is 13.1 Å². The third-order valence-corrected chi connectivity index (χ3v) is 3.66. The number of fused-ring (bicyclic) bond motifs is 3. The Hall–Kier alpha value is -2.61. The third kappa shape index (κ3) is 2.52. The lowest BCUT2D eigenvalue weighted by Gasteiger charge is -2.06. The first kappa shape index (κ1) is 13.4. The van der Waals surface area contributed by atoms with Gasteiger partial charge < -0.3 is 4.74 Å². The first-order valence-corrected chi connectivity index (χ1v) is 6.87. The van der Waals surface area contributed by atoms with E-state index in [2.05, 4.69) is 36.4 Å². The molecule has 0 bridgehead atoms. The molecule has 0 fully saturated rings. The fraction of sp³-hybridized carbons (Fsp3) is 0.105. The molecule has 0 saturated heterocycles. The quantitative estimate of drug-likeness (QED) is 0.389. The Bertz CT molecular complexity index is 860. The van der Waals surface area contributed by atoms with Crippen LogP contribution in [0.1, 0.15) is 12.5 Å². The maximum Gasteiger partial charge on any atom is 0.333 e. The number of benzene rings is 3. The molecule has 0 spiro atoms. The molecular formula is C19H16O2. The average Bonchev–Trinajstić information content (AvgIpc) is 2.53. The van der Waals surface area contributed by atoms with Crippen molar-refractivity contribution in [3.8, 4) is 0 Å². The van der Waals surface area contributed by atoms with E-state index in [0.717, 1.165) is 5.56 Å². The number of rotatable bonds is 2. The van der Waals surface area contributed by atoms with Gasteiger partial charge in [-0.1, -0.05) is 48.5 Å². The predicted octanol–water partition coefficient (Wildman–Crippen LogP) is 4.57. The Labute approximate surface area is 123 Å². The fourth-order valence-corrected chi connectivity index (χ4v) is 2.58. The summed E-state index contributed by atoms with van der Waals surface area (Å²) >= 11 is 0. The maximum absolute atomic E-state index is 11.5. The molecule has 0 aliphatic carbocycles. The molecule has 2 nitrogen and oxygen atoms in total. The number of carbonyl (C=O) groups is 1. The van der Waals surface area contributed by atoms with Gasteiger partial charge in [-0.3, -0.25) is 0 Å². The average molecular weight is 276 g/mol. The van der Waals surface area contributed by atoms with E-state index >= 15 is 0 Å². The number of hydrogen-bond acceptors (Lipinski definition) is 2. The standard InChI is InChI=1S/C19H16O2/c1-13(19(20)21-2)11-14-7-8-16-10-9-15-5-3-4-6-17(15)18(16)12-14/h3-12H,1-2H3. The van der Waals surface area contributed by atoms with Crippen LogP contribution in [0.5, 0.6) is 0 Å². The van der Waals surface area contributed by atoms with Gasteiger partial charge in [0.05, 0.1) is 7.11 Å². The highest BCUT2D eigenvalue weighted by atomic mass is 16.5. The second-order valence-corrected chi connectivity index (χ2v) is 5.09. The van der Waals surface area contributed by atoms with Crippen LogP contribution in [0.15, 0.2) is 60.2 Å². The molecule has 3 aromatic rings. The lowest BCUT2D eigenvalue weighted by Crippen LogP contribution is -2.00. The van der Waals surface area contributed by atoms with Gasteiger partial charge in [-0.2, -0.15) is 0 Å². The van der Waals surface area contributed by atoms with E-state index in [4.69, 9.17) is 4.74 Å². The van der Waals surface area contributed by atoms with Crippen molar-refractivity contribution in [2.45, 2.75) is 6.92 Å². The molecule has 21 heavy (non-hydrogen) atoms. The van der Waals surface area contributed by atoms with Crippen LogP contribution >= 0.6 is 0 Å². The molecule has 2 heteroatoms. The molecule has 0 aromatic heterocycles. The molecular weight excluding hydrogens is 260 g/mol. The molecule has 0 aliphatic rings. The molecule has 0 radical (unpaired) electrons. The molecule has 0 N–H and O–H groups in total. The van der Waals surface area contributed by atoms with Crippen molar-refractivity contribution in [2.24, 2.45) is 0 Å². The Balaban J connectivity index is 2.19. The van der Waals surface area contributed by atoms with E-state index in [1.165, 1.54) is 28.7 Å². The Morgan fingerprint density at radius 2 is 1.62 bits per heavy atom. The highest BCUT2D eigenvalue weighted by Gasteiger charge is 2.04. The van der Waals surface area contributed by atoms with Gasteiger partial charge in [-0.25, -0.2) is 4.79 Å². The largest absolute Gasteiger partial charge is 0.466 e. The second-order valence-electron chi connectivity index (χ2n) is 5.09. The minimum atomic E-state index is -0.298. The highest BCUT2D eigenvalue weighted by Crippen LogP contribution is 2.26. The summed E-state index contributed by atoms with van der Waals surface area (Å²) in [5.41, 5.74) is 1.60. The summed E-state index contributed by atoms with van der Waals surface area (Å²) in [5.74, 6) is -0.298. The summed E-state index contributed by atoms with van der Waals surface area (Å²) in [6.45, 7) is 1.76. The van der Waals surface area contributed by atoms with Crippen LogP contribution in [0, 0.1) is 0 Å². The molecule has 3 rings (SSSR count). The summed E-state index contributed by atoms with van der Waals surface area (Å²) in [5, 5.41) is 4.83. The minimum absolute atomic E-state index is 0.298. The Kier molecular flexibility index (Phi) is 3.44. The van der Waals surface area contributed by atoms with E-state index in [0.29, 0.717) is 5.57 Å². The van der Waals surface area contributed by atoms with Crippen molar-refractivity contribution in [1.29, 1.82) is 0 Å². The Morgan fingerprint density at radius 3 is 2.38 bits per heavy atom. The zero-order valence-corrected chi connectivity index (χ0v) is 12.1. The van der Waals surface area contributed by atoms with Crippen LogP contribution in [0.25, 0.3) is 27.6 Å². The smallest absolute Gasteiger partial charge is 0.333 e. The lowest BCUT2D eigenvalue weighted by molar-refractivity contribution is -0.135. The van der Waals surface area contributed by atoms with Gasteiger partial charge in [0.2, 0.25) is 0 Å². The molecule has 104 valence electrons. The molecule has 0 atom stereocenters. The number of hydrogen-bond donors (Lipinski definition) is 0. The van der Waals surface area contributed by atoms with Gasteiger partial charge in [0.1, 0.15) is 0 Å². The van der Waals surface area contributed by atoms with Gasteiger partial charge in [0.15, 0.2) is 0 Å². The van der Waals surface area contributed by atoms with Crippen LogP contribution in [-0.2, 0) is 9.53 Å². The van der Waals surface area contributed by atoms with Crippen molar-refractivity contribution in [3.05, 3.63) is 65.7 Å². The topological polar surface area (TPSA) is 26.3 Å². The van der Waals surface area contributed by atoms with Gasteiger partial charge in [0, 0.05) is 5.57 Å². The number of ether oxygens (including phenoxy) is 1. The van der Waals surface area contributed by atoms with E-state index in [1.807, 2.05) is 24.3 Å².